The lowest BCUT2D eigenvalue weighted by molar-refractivity contribution is 0.0773. The number of nitrogens with zero attached hydrogens (tertiary/aromatic N) is 1. The maximum absolute atomic E-state index is 5.24. The fourth-order valence-corrected chi connectivity index (χ4v) is 4.49. The highest BCUT2D eigenvalue weighted by Crippen LogP contribution is 2.49. The van der Waals surface area contributed by atoms with E-state index in [1.165, 1.54) is 57.1 Å². The van der Waals surface area contributed by atoms with Gasteiger partial charge in [-0.25, -0.2) is 0 Å². The number of hydrogen-bond donors (Lipinski definition) is 0. The molecule has 106 valence electrons. The summed E-state index contributed by atoms with van der Waals surface area (Å²) >= 11 is 0. The maximum Gasteiger partial charge on any atom is 0.0554 e. The molecule has 0 N–H and O–H groups in total. The minimum atomic E-state index is 0.474. The molecule has 2 bridgehead atoms. The first kappa shape index (κ1) is 13.4. The van der Waals surface area contributed by atoms with E-state index < -0.39 is 0 Å². The van der Waals surface area contributed by atoms with Crippen molar-refractivity contribution in [1.29, 1.82) is 0 Å². The van der Waals surface area contributed by atoms with E-state index in [1.54, 1.807) is 5.57 Å². The van der Waals surface area contributed by atoms with E-state index in [1.807, 2.05) is 0 Å². The van der Waals surface area contributed by atoms with E-state index in [2.05, 4.69) is 26.8 Å². The number of fused-ring (bicyclic) bond motifs is 2. The van der Waals surface area contributed by atoms with Crippen molar-refractivity contribution in [3.8, 4) is 0 Å². The number of allylic oxidation sites excluding steroid dienone is 2. The molecule has 4 atom stereocenters. The van der Waals surface area contributed by atoms with Crippen LogP contribution in [0.1, 0.15) is 72.1 Å². The minimum absolute atomic E-state index is 0.474. The van der Waals surface area contributed by atoms with E-state index >= 15 is 0 Å². The molecule has 2 aliphatic carbocycles. The quantitative estimate of drug-likeness (QED) is 0.649. The molecule has 19 heavy (non-hydrogen) atoms. The van der Waals surface area contributed by atoms with E-state index in [-0.39, 0.29) is 0 Å². The van der Waals surface area contributed by atoms with Gasteiger partial charge in [-0.1, -0.05) is 26.8 Å². The summed E-state index contributed by atoms with van der Waals surface area (Å²) in [5, 5.41) is 0. The van der Waals surface area contributed by atoms with Crippen LogP contribution in [0, 0.1) is 17.3 Å². The molecule has 3 rings (SSSR count). The monoisotopic (exact) mass is 259 g/mol. The highest BCUT2D eigenvalue weighted by molar-refractivity contribution is 6.01. The highest BCUT2D eigenvalue weighted by Gasteiger charge is 2.42. The Kier molecular flexibility index (Phi) is 3.57. The first-order chi connectivity index (χ1) is 9.12. The van der Waals surface area contributed by atoms with E-state index in [0.29, 0.717) is 11.5 Å². The van der Waals surface area contributed by atoms with Crippen LogP contribution in [0.5, 0.6) is 0 Å². The smallest absolute Gasteiger partial charge is 0.0554 e. The molecule has 3 aliphatic rings. The van der Waals surface area contributed by atoms with Crippen molar-refractivity contribution >= 4 is 5.71 Å². The predicted octanol–water partition coefficient (Wildman–Crippen LogP) is 5.16. The van der Waals surface area contributed by atoms with Crippen molar-refractivity contribution in [3.63, 3.8) is 0 Å². The fourth-order valence-electron chi connectivity index (χ4n) is 4.49. The van der Waals surface area contributed by atoms with Crippen molar-refractivity contribution in [2.45, 2.75) is 78.2 Å². The summed E-state index contributed by atoms with van der Waals surface area (Å²) in [7, 11) is 0. The Hall–Kier alpha value is -0.590. The van der Waals surface area contributed by atoms with Crippen LogP contribution in [0.15, 0.2) is 16.6 Å². The molecule has 0 amide bonds. The lowest BCUT2D eigenvalue weighted by atomic mass is 9.61. The molecule has 0 spiro atoms. The van der Waals surface area contributed by atoms with Crippen molar-refractivity contribution in [2.75, 3.05) is 0 Å². The van der Waals surface area contributed by atoms with Crippen LogP contribution >= 0.6 is 0 Å². The van der Waals surface area contributed by atoms with E-state index in [9.17, 15) is 0 Å². The van der Waals surface area contributed by atoms with Gasteiger partial charge in [-0.05, 0) is 74.2 Å². The zero-order valence-electron chi connectivity index (χ0n) is 12.9. The van der Waals surface area contributed by atoms with Gasteiger partial charge in [0.15, 0.2) is 0 Å². The Balaban J connectivity index is 1.92. The summed E-state index contributed by atoms with van der Waals surface area (Å²) in [4.78, 5) is 5.24. The van der Waals surface area contributed by atoms with Gasteiger partial charge in [0, 0.05) is 5.71 Å². The molecule has 0 saturated heterocycles. The number of hydrogen-bond acceptors (Lipinski definition) is 1. The van der Waals surface area contributed by atoms with Gasteiger partial charge in [0.25, 0.3) is 0 Å². The molecule has 1 aliphatic heterocycles. The van der Waals surface area contributed by atoms with Gasteiger partial charge in [0.05, 0.1) is 6.04 Å². The standard InChI is InChI=1S/C18H29N/c1-4-17-18(3)11-10-13(2)15(12-18)8-9-16(19-17)14-6-5-7-14/h6,13,15,17H,4-5,7-12H2,1-3H3/t13-,15?,17?,18-/m0/s1. The normalized spacial score (nSPS) is 42.6. The third-order valence-electron chi connectivity index (χ3n) is 6.13. The van der Waals surface area contributed by atoms with Gasteiger partial charge in [-0.2, -0.15) is 0 Å². The number of aliphatic imine (C=N–C) groups is 1. The topological polar surface area (TPSA) is 12.4 Å². The molecule has 0 aromatic rings. The summed E-state index contributed by atoms with van der Waals surface area (Å²) < 4.78 is 0. The zero-order valence-corrected chi connectivity index (χ0v) is 12.9. The van der Waals surface area contributed by atoms with Crippen LogP contribution in [-0.2, 0) is 0 Å². The largest absolute Gasteiger partial charge is 0.286 e. The fraction of sp³-hybridized carbons (Fsp3) is 0.833. The van der Waals surface area contributed by atoms with E-state index in [0.717, 1.165) is 11.8 Å². The van der Waals surface area contributed by atoms with Crippen LogP contribution in [0.25, 0.3) is 0 Å². The Morgan fingerprint density at radius 1 is 1.32 bits per heavy atom. The Morgan fingerprint density at radius 3 is 2.74 bits per heavy atom. The lowest BCUT2D eigenvalue weighted by Crippen LogP contribution is -2.41. The SMILES string of the molecule is CCC1N=C(C2=CCC2)CCC2C[C@]1(C)CC[C@@H]2C. The molecule has 1 nitrogen and oxygen atoms in total. The second-order valence-corrected chi connectivity index (χ2v) is 7.44. The van der Waals surface area contributed by atoms with Gasteiger partial charge in [-0.3, -0.25) is 4.99 Å². The van der Waals surface area contributed by atoms with Gasteiger partial charge in [-0.15, -0.1) is 0 Å². The molecule has 0 radical (unpaired) electrons. The highest BCUT2D eigenvalue weighted by atomic mass is 14.8. The average molecular weight is 259 g/mol. The molecule has 0 aromatic carbocycles. The average Bonchev–Trinajstić information content (AvgIpc) is 2.32. The first-order valence-corrected chi connectivity index (χ1v) is 8.38. The second kappa shape index (κ2) is 5.07. The zero-order chi connectivity index (χ0) is 13.5. The summed E-state index contributed by atoms with van der Waals surface area (Å²) in [5.41, 5.74) is 3.53. The predicted molar refractivity (Wildman–Crippen MR) is 82.7 cm³/mol. The van der Waals surface area contributed by atoms with Gasteiger partial charge in [0.2, 0.25) is 0 Å². The first-order valence-electron chi connectivity index (χ1n) is 8.38. The Morgan fingerprint density at radius 2 is 2.11 bits per heavy atom. The van der Waals surface area contributed by atoms with Crippen LogP contribution in [0.2, 0.25) is 0 Å². The number of rotatable bonds is 2. The molecule has 1 fully saturated rings. The van der Waals surface area contributed by atoms with Crippen LogP contribution in [0.3, 0.4) is 0 Å². The van der Waals surface area contributed by atoms with Crippen LogP contribution < -0.4 is 0 Å². The maximum atomic E-state index is 5.24. The molecule has 1 saturated carbocycles. The molecular formula is C18H29N. The third kappa shape index (κ3) is 2.41. The molecule has 1 heterocycles. The van der Waals surface area contributed by atoms with Crippen molar-refractivity contribution in [2.24, 2.45) is 22.2 Å². The Labute approximate surface area is 118 Å². The minimum Gasteiger partial charge on any atom is -0.286 e. The Bertz CT molecular complexity index is 406. The molecule has 0 aromatic heterocycles. The summed E-state index contributed by atoms with van der Waals surface area (Å²) in [6.45, 7) is 7.33. The summed E-state index contributed by atoms with van der Waals surface area (Å²) in [6.07, 6.45) is 13.0. The molecule has 1 heteroatoms. The van der Waals surface area contributed by atoms with Crippen LogP contribution in [0.4, 0.5) is 0 Å². The van der Waals surface area contributed by atoms with Gasteiger partial charge >= 0.3 is 0 Å². The van der Waals surface area contributed by atoms with Crippen LogP contribution in [-0.4, -0.2) is 11.8 Å². The van der Waals surface area contributed by atoms with Gasteiger partial charge in [0.1, 0.15) is 0 Å². The summed E-state index contributed by atoms with van der Waals surface area (Å²) in [5.74, 6) is 1.87. The van der Waals surface area contributed by atoms with E-state index in [4.69, 9.17) is 4.99 Å². The molecule has 2 unspecified atom stereocenters. The second-order valence-electron chi connectivity index (χ2n) is 7.44. The van der Waals surface area contributed by atoms with Crippen molar-refractivity contribution in [3.05, 3.63) is 11.6 Å². The third-order valence-corrected chi connectivity index (χ3v) is 6.13. The van der Waals surface area contributed by atoms with Gasteiger partial charge < -0.3 is 0 Å². The van der Waals surface area contributed by atoms with Crippen molar-refractivity contribution < 1.29 is 0 Å². The molecular weight excluding hydrogens is 230 g/mol. The summed E-state index contributed by atoms with van der Waals surface area (Å²) in [6, 6.07) is 0.569. The van der Waals surface area contributed by atoms with Crippen molar-refractivity contribution in [1.82, 2.24) is 0 Å². The lowest BCUT2D eigenvalue weighted by Gasteiger charge is -2.46.